The number of nitrogens with zero attached hydrogens (tertiary/aromatic N) is 1. The number of ether oxygens (including phenoxy) is 2. The van der Waals surface area contributed by atoms with Crippen LogP contribution in [-0.2, 0) is 11.4 Å². The number of benzene rings is 3. The second kappa shape index (κ2) is 11.2. The molecular formula is C27H25ClN2O3. The summed E-state index contributed by atoms with van der Waals surface area (Å²) in [6.07, 6.45) is 1.48. The van der Waals surface area contributed by atoms with Gasteiger partial charge in [0.05, 0.1) is 11.6 Å². The topological polar surface area (TPSA) is 71.3 Å². The lowest BCUT2D eigenvalue weighted by molar-refractivity contribution is -0.112. The number of rotatable bonds is 8. The molecule has 5 nitrogen and oxygen atoms in total. The van der Waals surface area contributed by atoms with E-state index in [1.54, 1.807) is 18.2 Å². The van der Waals surface area contributed by atoms with E-state index in [1.165, 1.54) is 6.08 Å². The summed E-state index contributed by atoms with van der Waals surface area (Å²) in [5, 5.41) is 12.7. The molecule has 0 aliphatic rings. The minimum absolute atomic E-state index is 0.0487. The standard InChI is InChI=1S/C27H25ClN2O3/c1-4-32-25-15-21(14-23(28)26(25)33-17-20-10-6-5-7-11-20)13-22(16-29)27(31)30-24-12-8-9-18(2)19(24)3/h5-15H,4,17H2,1-3H3,(H,30,31)/b22-13+. The molecule has 0 unspecified atom stereocenters. The highest BCUT2D eigenvalue weighted by Crippen LogP contribution is 2.38. The van der Waals surface area contributed by atoms with Gasteiger partial charge in [0, 0.05) is 5.69 Å². The van der Waals surface area contributed by atoms with Gasteiger partial charge in [0.2, 0.25) is 0 Å². The molecule has 0 saturated carbocycles. The fourth-order valence-electron chi connectivity index (χ4n) is 3.20. The number of amides is 1. The van der Waals surface area contributed by atoms with E-state index in [4.69, 9.17) is 21.1 Å². The molecule has 0 aliphatic carbocycles. The predicted octanol–water partition coefficient (Wildman–Crippen LogP) is 6.48. The SMILES string of the molecule is CCOc1cc(/C=C(\C#N)C(=O)Nc2cccc(C)c2C)cc(Cl)c1OCc1ccccc1. The number of hydrogen-bond donors (Lipinski definition) is 1. The first-order valence-electron chi connectivity index (χ1n) is 10.5. The molecule has 33 heavy (non-hydrogen) atoms. The van der Waals surface area contributed by atoms with Crippen molar-refractivity contribution in [3.8, 4) is 17.6 Å². The van der Waals surface area contributed by atoms with E-state index in [-0.39, 0.29) is 5.57 Å². The Morgan fingerprint density at radius 3 is 2.55 bits per heavy atom. The third-order valence-corrected chi connectivity index (χ3v) is 5.37. The van der Waals surface area contributed by atoms with E-state index in [2.05, 4.69) is 5.32 Å². The summed E-state index contributed by atoms with van der Waals surface area (Å²) in [6, 6.07) is 20.7. The minimum atomic E-state index is -0.496. The number of halogens is 1. The second-order valence-electron chi connectivity index (χ2n) is 7.41. The molecule has 0 atom stereocenters. The van der Waals surface area contributed by atoms with Crippen LogP contribution in [0.5, 0.6) is 11.5 Å². The highest BCUT2D eigenvalue weighted by Gasteiger charge is 2.15. The highest BCUT2D eigenvalue weighted by molar-refractivity contribution is 6.32. The summed E-state index contributed by atoms with van der Waals surface area (Å²) in [5.41, 5.74) is 4.17. The van der Waals surface area contributed by atoms with Crippen LogP contribution in [0.25, 0.3) is 6.08 Å². The first kappa shape index (κ1) is 23.9. The minimum Gasteiger partial charge on any atom is -0.490 e. The van der Waals surface area contributed by atoms with Crippen molar-refractivity contribution < 1.29 is 14.3 Å². The van der Waals surface area contributed by atoms with Crippen LogP contribution in [0.15, 0.2) is 66.2 Å². The van der Waals surface area contributed by atoms with Gasteiger partial charge in [0.15, 0.2) is 11.5 Å². The molecule has 168 valence electrons. The molecule has 0 radical (unpaired) electrons. The van der Waals surface area contributed by atoms with Gasteiger partial charge in [-0.05, 0) is 67.3 Å². The summed E-state index contributed by atoms with van der Waals surface area (Å²) in [5.74, 6) is 0.363. The molecule has 0 fully saturated rings. The van der Waals surface area contributed by atoms with Crippen LogP contribution in [0.4, 0.5) is 5.69 Å². The fraction of sp³-hybridized carbons (Fsp3) is 0.185. The Morgan fingerprint density at radius 1 is 1.09 bits per heavy atom. The first-order chi connectivity index (χ1) is 15.9. The van der Waals surface area contributed by atoms with Crippen molar-refractivity contribution in [3.05, 3.63) is 93.5 Å². The normalized spacial score (nSPS) is 10.9. The third kappa shape index (κ3) is 6.15. The van der Waals surface area contributed by atoms with Crippen LogP contribution in [0.2, 0.25) is 5.02 Å². The molecule has 0 saturated heterocycles. The van der Waals surface area contributed by atoms with E-state index in [0.29, 0.717) is 41.0 Å². The zero-order chi connectivity index (χ0) is 23.8. The van der Waals surface area contributed by atoms with Gasteiger partial charge in [0.25, 0.3) is 5.91 Å². The average molecular weight is 461 g/mol. The van der Waals surface area contributed by atoms with Crippen molar-refractivity contribution in [3.63, 3.8) is 0 Å². The van der Waals surface area contributed by atoms with Gasteiger partial charge >= 0.3 is 0 Å². The van der Waals surface area contributed by atoms with Gasteiger partial charge in [-0.1, -0.05) is 54.1 Å². The molecule has 0 aliphatic heterocycles. The summed E-state index contributed by atoms with van der Waals surface area (Å²) in [7, 11) is 0. The number of hydrogen-bond acceptors (Lipinski definition) is 4. The second-order valence-corrected chi connectivity index (χ2v) is 7.82. The summed E-state index contributed by atoms with van der Waals surface area (Å²) in [6.45, 7) is 6.48. The van der Waals surface area contributed by atoms with Crippen LogP contribution in [0, 0.1) is 25.2 Å². The van der Waals surface area contributed by atoms with E-state index < -0.39 is 5.91 Å². The Morgan fingerprint density at radius 2 is 1.85 bits per heavy atom. The molecule has 1 amide bonds. The van der Waals surface area contributed by atoms with Crippen LogP contribution in [0.3, 0.4) is 0 Å². The zero-order valence-corrected chi connectivity index (χ0v) is 19.6. The lowest BCUT2D eigenvalue weighted by Gasteiger charge is -2.15. The molecule has 3 aromatic rings. The number of nitriles is 1. The van der Waals surface area contributed by atoms with Crippen LogP contribution in [0.1, 0.15) is 29.2 Å². The maximum absolute atomic E-state index is 12.7. The van der Waals surface area contributed by atoms with Gasteiger partial charge in [-0.2, -0.15) is 5.26 Å². The maximum Gasteiger partial charge on any atom is 0.266 e. The van der Waals surface area contributed by atoms with Crippen LogP contribution >= 0.6 is 11.6 Å². The summed E-state index contributed by atoms with van der Waals surface area (Å²) >= 11 is 6.49. The Bertz CT molecular complexity index is 1210. The number of anilines is 1. The van der Waals surface area contributed by atoms with Gasteiger partial charge in [-0.3, -0.25) is 4.79 Å². The summed E-state index contributed by atoms with van der Waals surface area (Å²) in [4.78, 5) is 12.7. The van der Waals surface area contributed by atoms with Crippen molar-refractivity contribution in [2.75, 3.05) is 11.9 Å². The molecule has 3 aromatic carbocycles. The number of carbonyl (C=O) groups is 1. The van der Waals surface area contributed by atoms with Crippen LogP contribution in [-0.4, -0.2) is 12.5 Å². The molecular weight excluding hydrogens is 436 g/mol. The Labute approximate surface area is 199 Å². The van der Waals surface area contributed by atoms with E-state index in [9.17, 15) is 10.1 Å². The lowest BCUT2D eigenvalue weighted by atomic mass is 10.1. The fourth-order valence-corrected chi connectivity index (χ4v) is 3.47. The lowest BCUT2D eigenvalue weighted by Crippen LogP contribution is -2.14. The van der Waals surface area contributed by atoms with Crippen molar-refractivity contribution in [1.82, 2.24) is 0 Å². The number of aryl methyl sites for hydroxylation is 1. The number of nitrogens with one attached hydrogen (secondary N) is 1. The largest absolute Gasteiger partial charge is 0.490 e. The molecule has 1 N–H and O–H groups in total. The average Bonchev–Trinajstić information content (AvgIpc) is 2.80. The summed E-state index contributed by atoms with van der Waals surface area (Å²) < 4.78 is 11.6. The first-order valence-corrected chi connectivity index (χ1v) is 10.9. The van der Waals surface area contributed by atoms with Crippen molar-refractivity contribution in [2.24, 2.45) is 0 Å². The van der Waals surface area contributed by atoms with Crippen molar-refractivity contribution >= 4 is 29.3 Å². The smallest absolute Gasteiger partial charge is 0.266 e. The Balaban J connectivity index is 1.86. The van der Waals surface area contributed by atoms with Gasteiger partial charge in [-0.25, -0.2) is 0 Å². The zero-order valence-electron chi connectivity index (χ0n) is 18.8. The third-order valence-electron chi connectivity index (χ3n) is 5.09. The molecule has 3 rings (SSSR count). The monoisotopic (exact) mass is 460 g/mol. The number of carbonyl (C=O) groups excluding carboxylic acids is 1. The van der Waals surface area contributed by atoms with E-state index in [0.717, 1.165) is 16.7 Å². The van der Waals surface area contributed by atoms with Crippen molar-refractivity contribution in [1.29, 1.82) is 5.26 Å². The van der Waals surface area contributed by atoms with E-state index >= 15 is 0 Å². The molecule has 0 spiro atoms. The van der Waals surface area contributed by atoms with Gasteiger partial charge < -0.3 is 14.8 Å². The highest BCUT2D eigenvalue weighted by atomic mass is 35.5. The van der Waals surface area contributed by atoms with Crippen molar-refractivity contribution in [2.45, 2.75) is 27.4 Å². The van der Waals surface area contributed by atoms with Gasteiger partial charge in [0.1, 0.15) is 18.2 Å². The van der Waals surface area contributed by atoms with E-state index in [1.807, 2.05) is 69.3 Å². The Hall–Kier alpha value is -3.75. The van der Waals surface area contributed by atoms with Gasteiger partial charge in [-0.15, -0.1) is 0 Å². The maximum atomic E-state index is 12.7. The molecule has 6 heteroatoms. The molecule has 0 bridgehead atoms. The van der Waals surface area contributed by atoms with Crippen LogP contribution < -0.4 is 14.8 Å². The Kier molecular flexibility index (Phi) is 8.12. The predicted molar refractivity (Wildman–Crippen MR) is 132 cm³/mol. The molecule has 0 aromatic heterocycles. The molecule has 0 heterocycles. The quantitative estimate of drug-likeness (QED) is 0.308.